The Balaban J connectivity index is 0.000000330. The van der Waals surface area contributed by atoms with Crippen molar-refractivity contribution in [2.24, 2.45) is 0 Å². The molecule has 0 bridgehead atoms. The van der Waals surface area contributed by atoms with E-state index in [1.807, 2.05) is 0 Å². The predicted octanol–water partition coefficient (Wildman–Crippen LogP) is 3.03. The van der Waals surface area contributed by atoms with Gasteiger partial charge in [0.05, 0.1) is 0 Å². The topological polar surface area (TPSA) is 74.6 Å². The van der Waals surface area contributed by atoms with E-state index in [9.17, 15) is 0 Å². The van der Waals surface area contributed by atoms with Gasteiger partial charge in [0.25, 0.3) is 0 Å². The van der Waals surface area contributed by atoms with Crippen LogP contribution in [0.3, 0.4) is 0 Å². The molecular weight excluding hydrogens is 371 g/mol. The van der Waals surface area contributed by atoms with Crippen LogP contribution in [0.15, 0.2) is 91.0 Å². The molecular formula is C23H23O4P. The number of rotatable bonds is 4. The van der Waals surface area contributed by atoms with Crippen LogP contribution in [0.4, 0.5) is 0 Å². The van der Waals surface area contributed by atoms with Gasteiger partial charge in [-0.3, -0.25) is 0 Å². The van der Waals surface area contributed by atoms with Gasteiger partial charge in [0, 0.05) is 0 Å². The molecule has 1 saturated carbocycles. The summed E-state index contributed by atoms with van der Waals surface area (Å²) in [5, 5.41) is 19.4. The monoisotopic (exact) mass is 394 g/mol. The Hall–Kier alpha value is -2.97. The van der Waals surface area contributed by atoms with Crippen LogP contribution in [0.2, 0.25) is 0 Å². The van der Waals surface area contributed by atoms with Crippen LogP contribution < -0.4 is 15.9 Å². The molecule has 2 N–H and O–H groups in total. The summed E-state index contributed by atoms with van der Waals surface area (Å²) in [6, 6.07) is 33.7. The fourth-order valence-corrected chi connectivity index (χ4v) is 9.43. The van der Waals surface area contributed by atoms with Crippen molar-refractivity contribution in [3.63, 3.8) is 0 Å². The molecule has 4 rings (SSSR count). The first-order valence-corrected chi connectivity index (χ1v) is 11.3. The van der Waals surface area contributed by atoms with E-state index in [1.165, 1.54) is 12.8 Å². The second kappa shape index (κ2) is 8.81. The van der Waals surface area contributed by atoms with Crippen LogP contribution in [0, 0.1) is 0 Å². The van der Waals surface area contributed by atoms with Crippen molar-refractivity contribution in [1.29, 1.82) is 0 Å². The summed E-state index contributed by atoms with van der Waals surface area (Å²) < 4.78 is 0. The van der Waals surface area contributed by atoms with E-state index in [4.69, 9.17) is 19.8 Å². The zero-order chi connectivity index (χ0) is 20.0. The first-order valence-electron chi connectivity index (χ1n) is 9.19. The van der Waals surface area contributed by atoms with Crippen LogP contribution in [0.5, 0.6) is 0 Å². The Morgan fingerprint density at radius 2 is 0.893 bits per heavy atom. The van der Waals surface area contributed by atoms with Crippen molar-refractivity contribution in [2.45, 2.75) is 18.5 Å². The van der Waals surface area contributed by atoms with Gasteiger partial charge in [0.1, 0.15) is 0 Å². The van der Waals surface area contributed by atoms with Gasteiger partial charge in [-0.05, 0) is 0 Å². The molecule has 144 valence electrons. The van der Waals surface area contributed by atoms with Gasteiger partial charge >= 0.3 is 145 Å². The summed E-state index contributed by atoms with van der Waals surface area (Å²) in [4.78, 5) is 18.2. The number of hydrogen-bond donors (Lipinski definition) is 2. The molecule has 0 spiro atoms. The van der Waals surface area contributed by atoms with Gasteiger partial charge in [-0.15, -0.1) is 0 Å². The molecule has 0 aromatic heterocycles. The molecule has 1 aliphatic rings. The van der Waals surface area contributed by atoms with E-state index < -0.39 is 19.2 Å². The van der Waals surface area contributed by atoms with Gasteiger partial charge in [0.2, 0.25) is 0 Å². The molecule has 4 nitrogen and oxygen atoms in total. The van der Waals surface area contributed by atoms with Crippen molar-refractivity contribution in [1.82, 2.24) is 0 Å². The second-order valence-electron chi connectivity index (χ2n) is 6.79. The maximum atomic E-state index is 9.10. The molecule has 1 aliphatic carbocycles. The molecule has 28 heavy (non-hydrogen) atoms. The summed E-state index contributed by atoms with van der Waals surface area (Å²) in [5.41, 5.74) is 0.833. The molecule has 3 aromatic rings. The number of carbonyl (C=O) groups is 2. The third-order valence-corrected chi connectivity index (χ3v) is 10.6. The number of hydrogen-bond acceptors (Lipinski definition) is 2. The van der Waals surface area contributed by atoms with E-state index in [0.717, 1.165) is 5.66 Å². The van der Waals surface area contributed by atoms with Gasteiger partial charge in [-0.2, -0.15) is 0 Å². The van der Waals surface area contributed by atoms with Crippen molar-refractivity contribution >= 4 is 35.1 Å². The first kappa shape index (κ1) is 19.8. The Morgan fingerprint density at radius 3 is 1.11 bits per heavy atom. The molecule has 0 saturated heterocycles. The average Bonchev–Trinajstić information content (AvgIpc) is 3.57. The molecule has 0 atom stereocenters. The molecule has 3 aromatic carbocycles. The Kier molecular flexibility index (Phi) is 6.23. The molecule has 0 heterocycles. The van der Waals surface area contributed by atoms with Crippen molar-refractivity contribution in [2.75, 3.05) is 0 Å². The van der Waals surface area contributed by atoms with Crippen LogP contribution in [0.25, 0.3) is 0 Å². The number of aliphatic carboxylic acids is 2. The summed E-state index contributed by atoms with van der Waals surface area (Å²) in [6.07, 6.45) is 2.73. The molecule has 1 fully saturated rings. The number of carboxylic acids is 2. The van der Waals surface area contributed by atoms with E-state index in [2.05, 4.69) is 91.0 Å². The molecule has 5 heteroatoms. The van der Waals surface area contributed by atoms with Crippen LogP contribution in [0.1, 0.15) is 12.8 Å². The molecule has 0 aliphatic heterocycles. The number of benzene rings is 3. The third-order valence-electron chi connectivity index (χ3n) is 5.06. The molecule has 0 radical (unpaired) electrons. The van der Waals surface area contributed by atoms with E-state index in [-0.39, 0.29) is 0 Å². The van der Waals surface area contributed by atoms with Crippen molar-refractivity contribution in [3.05, 3.63) is 91.0 Å². The quantitative estimate of drug-likeness (QED) is 0.527. The van der Waals surface area contributed by atoms with Crippen molar-refractivity contribution < 1.29 is 19.8 Å². The van der Waals surface area contributed by atoms with E-state index in [0.29, 0.717) is 0 Å². The standard InChI is InChI=1S/C21H21P.C2H2O4/c1-4-10-18(11-5-1)22(21-16-17-21,19-12-6-2-7-13-19)20-14-8-3-9-15-20;3-1(4)2(5)6/h1-15,21-22H,16-17H2;(H,3,4)(H,5,6). The minimum atomic E-state index is -1.89. The summed E-state index contributed by atoms with van der Waals surface area (Å²) in [7, 11) is -1.89. The van der Waals surface area contributed by atoms with Gasteiger partial charge in [-0.1, -0.05) is 0 Å². The predicted molar refractivity (Wildman–Crippen MR) is 115 cm³/mol. The van der Waals surface area contributed by atoms with Gasteiger partial charge in [-0.25, -0.2) is 9.59 Å². The normalized spacial score (nSPS) is 13.7. The Bertz CT molecular complexity index is 814. The van der Waals surface area contributed by atoms with Gasteiger partial charge < -0.3 is 10.2 Å². The maximum absolute atomic E-state index is 9.10. The second-order valence-corrected chi connectivity index (χ2v) is 11.0. The molecule has 0 amide bonds. The average molecular weight is 394 g/mol. The SMILES string of the molecule is O=C(O)C(=O)O.c1ccc([PH](c2ccccc2)(c2ccccc2)C2CC2)cc1. The molecule has 0 unspecified atom stereocenters. The summed E-state index contributed by atoms with van der Waals surface area (Å²) in [5.74, 6) is -3.65. The fourth-order valence-electron chi connectivity index (χ4n) is 3.83. The first-order chi connectivity index (χ1) is 13.6. The summed E-state index contributed by atoms with van der Waals surface area (Å²) in [6.45, 7) is 0. The minimum absolute atomic E-state index is 0.833. The van der Waals surface area contributed by atoms with Crippen LogP contribution in [-0.2, 0) is 9.59 Å². The number of carboxylic acid groups (broad SMARTS) is 2. The van der Waals surface area contributed by atoms with Gasteiger partial charge in [0.15, 0.2) is 0 Å². The Labute approximate surface area is 164 Å². The third kappa shape index (κ3) is 4.13. The Morgan fingerprint density at radius 1 is 0.607 bits per heavy atom. The van der Waals surface area contributed by atoms with Crippen LogP contribution >= 0.6 is 7.26 Å². The van der Waals surface area contributed by atoms with E-state index >= 15 is 0 Å². The zero-order valence-electron chi connectivity index (χ0n) is 15.4. The zero-order valence-corrected chi connectivity index (χ0v) is 16.4. The van der Waals surface area contributed by atoms with E-state index in [1.54, 1.807) is 15.9 Å². The fraction of sp³-hybridized carbons (Fsp3) is 0.130. The van der Waals surface area contributed by atoms with Crippen LogP contribution in [-0.4, -0.2) is 27.8 Å². The summed E-state index contributed by atoms with van der Waals surface area (Å²) >= 11 is 0. The van der Waals surface area contributed by atoms with Crippen molar-refractivity contribution in [3.8, 4) is 0 Å².